The Bertz CT molecular complexity index is 701. The van der Waals surface area contributed by atoms with Crippen molar-refractivity contribution in [3.05, 3.63) is 36.3 Å². The summed E-state index contributed by atoms with van der Waals surface area (Å²) in [7, 11) is 0. The maximum absolute atomic E-state index is 12.1. The summed E-state index contributed by atoms with van der Waals surface area (Å²) in [6, 6.07) is 5.47. The molecule has 2 N–H and O–H groups in total. The fraction of sp³-hybridized carbons (Fsp3) is 0.474. The van der Waals surface area contributed by atoms with Gasteiger partial charge in [-0.05, 0) is 31.0 Å². The van der Waals surface area contributed by atoms with E-state index in [4.69, 9.17) is 0 Å². The van der Waals surface area contributed by atoms with Gasteiger partial charge in [-0.25, -0.2) is 0 Å². The molecular weight excluding hydrogens is 348 g/mol. The molecule has 26 heavy (non-hydrogen) atoms. The van der Waals surface area contributed by atoms with Gasteiger partial charge >= 0.3 is 0 Å². The van der Waals surface area contributed by atoms with E-state index in [0.29, 0.717) is 17.9 Å². The fourth-order valence-electron chi connectivity index (χ4n) is 2.32. The first-order valence-electron chi connectivity index (χ1n) is 8.98. The lowest BCUT2D eigenvalue weighted by atomic mass is 10.2. The molecule has 0 bridgehead atoms. The minimum atomic E-state index is -0.147. The lowest BCUT2D eigenvalue weighted by molar-refractivity contribution is -0.113. The van der Waals surface area contributed by atoms with Gasteiger partial charge in [0.1, 0.15) is 5.69 Å². The molecule has 1 amide bonds. The van der Waals surface area contributed by atoms with Crippen molar-refractivity contribution in [3.8, 4) is 11.3 Å². The molecule has 0 unspecified atom stereocenters. The second-order valence-electron chi connectivity index (χ2n) is 6.40. The van der Waals surface area contributed by atoms with Crippen molar-refractivity contribution in [2.75, 3.05) is 12.3 Å². The van der Waals surface area contributed by atoms with Gasteiger partial charge in [0, 0.05) is 36.2 Å². The Balaban J connectivity index is 1.60. The van der Waals surface area contributed by atoms with Crippen LogP contribution in [0.15, 0.2) is 30.6 Å². The molecule has 7 heteroatoms. The minimum Gasteiger partial charge on any atom is -0.351 e. The average Bonchev–Trinajstić information content (AvgIpc) is 3.14. The molecule has 0 aromatic carbocycles. The number of unbranched alkanes of at least 4 members (excludes halogenated alkanes) is 3. The standard InChI is InChI=1S/C19H26N4O2S/c1-14(2)19(25)26-11-6-4-3-5-10-21-18(24)17-12-16(22-23-17)15-8-7-9-20-13-15/h7-9,12-14H,3-6,10-11H2,1-2H3,(H,21,24)(H,22,23). The van der Waals surface area contributed by atoms with Crippen LogP contribution in [0.5, 0.6) is 0 Å². The summed E-state index contributed by atoms with van der Waals surface area (Å²) in [5, 5.41) is 10.1. The first kappa shape index (κ1) is 20.2. The van der Waals surface area contributed by atoms with E-state index in [2.05, 4.69) is 20.5 Å². The molecule has 2 aromatic heterocycles. The smallest absolute Gasteiger partial charge is 0.269 e. The molecule has 0 radical (unpaired) electrons. The highest BCUT2D eigenvalue weighted by atomic mass is 32.2. The number of aromatic nitrogens is 3. The van der Waals surface area contributed by atoms with Gasteiger partial charge < -0.3 is 5.32 Å². The normalized spacial score (nSPS) is 10.9. The summed E-state index contributed by atoms with van der Waals surface area (Å²) in [4.78, 5) is 27.7. The van der Waals surface area contributed by atoms with E-state index in [1.165, 1.54) is 11.8 Å². The number of H-pyrrole nitrogens is 1. The van der Waals surface area contributed by atoms with E-state index in [9.17, 15) is 9.59 Å². The van der Waals surface area contributed by atoms with Crippen molar-refractivity contribution >= 4 is 22.8 Å². The van der Waals surface area contributed by atoms with Crippen molar-refractivity contribution < 1.29 is 9.59 Å². The number of hydrogen-bond donors (Lipinski definition) is 2. The van der Waals surface area contributed by atoms with Crippen LogP contribution in [0.3, 0.4) is 0 Å². The number of nitrogens with one attached hydrogen (secondary N) is 2. The molecule has 0 saturated heterocycles. The lowest BCUT2D eigenvalue weighted by Crippen LogP contribution is -2.24. The molecule has 0 aliphatic heterocycles. The van der Waals surface area contributed by atoms with Gasteiger partial charge in [-0.15, -0.1) is 0 Å². The third kappa shape index (κ3) is 6.63. The molecule has 0 aliphatic carbocycles. The predicted molar refractivity (Wildman–Crippen MR) is 105 cm³/mol. The number of pyridine rings is 1. The Morgan fingerprint density at radius 3 is 2.77 bits per heavy atom. The van der Waals surface area contributed by atoms with Crippen LogP contribution in [0.4, 0.5) is 0 Å². The summed E-state index contributed by atoms with van der Waals surface area (Å²) in [6.07, 6.45) is 7.49. The van der Waals surface area contributed by atoms with Crippen LogP contribution in [-0.2, 0) is 4.79 Å². The highest BCUT2D eigenvalue weighted by Gasteiger charge is 2.10. The predicted octanol–water partition coefficient (Wildman–Crippen LogP) is 3.68. The molecule has 0 spiro atoms. The second-order valence-corrected chi connectivity index (χ2v) is 7.50. The van der Waals surface area contributed by atoms with Crippen LogP contribution >= 0.6 is 11.8 Å². The number of rotatable bonds is 10. The molecular formula is C19H26N4O2S. The van der Waals surface area contributed by atoms with Crippen molar-refractivity contribution in [3.63, 3.8) is 0 Å². The topological polar surface area (TPSA) is 87.7 Å². The second kappa shape index (κ2) is 10.8. The van der Waals surface area contributed by atoms with E-state index < -0.39 is 0 Å². The number of nitrogens with zero attached hydrogens (tertiary/aromatic N) is 2. The van der Waals surface area contributed by atoms with Crippen molar-refractivity contribution in [1.82, 2.24) is 20.5 Å². The number of thioether (sulfide) groups is 1. The number of aromatic amines is 1. The zero-order valence-electron chi connectivity index (χ0n) is 15.3. The quantitative estimate of drug-likeness (QED) is 0.620. The van der Waals surface area contributed by atoms with E-state index >= 15 is 0 Å². The van der Waals surface area contributed by atoms with Gasteiger partial charge in [-0.1, -0.05) is 38.5 Å². The van der Waals surface area contributed by atoms with E-state index in [1.54, 1.807) is 18.5 Å². The Hall–Kier alpha value is -2.15. The number of hydrogen-bond acceptors (Lipinski definition) is 5. The van der Waals surface area contributed by atoms with Gasteiger partial charge in [0.05, 0.1) is 5.69 Å². The summed E-state index contributed by atoms with van der Waals surface area (Å²) in [6.45, 7) is 4.49. The Morgan fingerprint density at radius 1 is 1.23 bits per heavy atom. The summed E-state index contributed by atoms with van der Waals surface area (Å²) < 4.78 is 0. The third-order valence-corrected chi connectivity index (χ3v) is 5.10. The maximum Gasteiger partial charge on any atom is 0.269 e. The van der Waals surface area contributed by atoms with Gasteiger partial charge in [0.25, 0.3) is 5.91 Å². The molecule has 2 aromatic rings. The number of amides is 1. The van der Waals surface area contributed by atoms with Gasteiger partial charge in [0.2, 0.25) is 0 Å². The van der Waals surface area contributed by atoms with Crippen molar-refractivity contribution in [2.24, 2.45) is 5.92 Å². The largest absolute Gasteiger partial charge is 0.351 e. The zero-order chi connectivity index (χ0) is 18.8. The van der Waals surface area contributed by atoms with Crippen LogP contribution in [0.1, 0.15) is 50.0 Å². The molecule has 0 fully saturated rings. The molecule has 0 aliphatic rings. The first-order valence-corrected chi connectivity index (χ1v) is 9.97. The maximum atomic E-state index is 12.1. The zero-order valence-corrected chi connectivity index (χ0v) is 16.1. The minimum absolute atomic E-state index is 0.108. The summed E-state index contributed by atoms with van der Waals surface area (Å²) in [5.41, 5.74) is 2.03. The highest BCUT2D eigenvalue weighted by molar-refractivity contribution is 8.13. The van der Waals surface area contributed by atoms with Crippen molar-refractivity contribution in [2.45, 2.75) is 39.5 Å². The summed E-state index contributed by atoms with van der Waals surface area (Å²) >= 11 is 1.43. The Morgan fingerprint density at radius 2 is 2.04 bits per heavy atom. The van der Waals surface area contributed by atoms with Crippen LogP contribution in [0.25, 0.3) is 11.3 Å². The van der Waals surface area contributed by atoms with Crippen molar-refractivity contribution in [1.29, 1.82) is 0 Å². The monoisotopic (exact) mass is 374 g/mol. The van der Waals surface area contributed by atoms with Crippen LogP contribution < -0.4 is 5.32 Å². The molecule has 2 heterocycles. The molecule has 0 saturated carbocycles. The summed E-state index contributed by atoms with van der Waals surface area (Å²) in [5.74, 6) is 0.844. The van der Waals surface area contributed by atoms with Crippen LogP contribution in [0.2, 0.25) is 0 Å². The molecule has 6 nitrogen and oxygen atoms in total. The van der Waals surface area contributed by atoms with E-state index in [0.717, 1.165) is 37.0 Å². The molecule has 2 rings (SSSR count). The van der Waals surface area contributed by atoms with Gasteiger partial charge in [0.15, 0.2) is 5.12 Å². The van der Waals surface area contributed by atoms with Gasteiger partial charge in [-0.3, -0.25) is 19.7 Å². The van der Waals surface area contributed by atoms with Crippen LogP contribution in [-0.4, -0.2) is 38.5 Å². The lowest BCUT2D eigenvalue weighted by Gasteiger charge is -2.05. The highest BCUT2D eigenvalue weighted by Crippen LogP contribution is 2.16. The fourth-order valence-corrected chi connectivity index (χ4v) is 3.20. The molecule has 0 atom stereocenters. The number of carbonyl (C=O) groups is 2. The SMILES string of the molecule is CC(C)C(=O)SCCCCCCNC(=O)c1cc(-c2cccnc2)n[nH]1. The Labute approximate surface area is 158 Å². The Kier molecular flexibility index (Phi) is 8.34. The van der Waals surface area contributed by atoms with Gasteiger partial charge in [-0.2, -0.15) is 5.10 Å². The van der Waals surface area contributed by atoms with E-state index in [1.807, 2.05) is 26.0 Å². The van der Waals surface area contributed by atoms with E-state index in [-0.39, 0.29) is 16.9 Å². The van der Waals surface area contributed by atoms with Crippen LogP contribution in [0, 0.1) is 5.92 Å². The molecule has 140 valence electrons. The third-order valence-electron chi connectivity index (χ3n) is 3.85. The first-order chi connectivity index (χ1) is 12.6. The number of carbonyl (C=O) groups excluding carboxylic acids is 2. The average molecular weight is 375 g/mol.